The number of ether oxygens (including phenoxy) is 1. The van der Waals surface area contributed by atoms with Crippen molar-refractivity contribution in [1.82, 2.24) is 4.98 Å². The van der Waals surface area contributed by atoms with E-state index in [1.165, 1.54) is 18.5 Å². The van der Waals surface area contributed by atoms with Crippen LogP contribution in [0.5, 0.6) is 11.5 Å². The van der Waals surface area contributed by atoms with Crippen molar-refractivity contribution in [2.24, 2.45) is 0 Å². The quantitative estimate of drug-likeness (QED) is 0.911. The predicted molar refractivity (Wildman–Crippen MR) is 74.5 cm³/mol. The van der Waals surface area contributed by atoms with Gasteiger partial charge in [-0.25, -0.2) is 0 Å². The monoisotopic (exact) mass is 322 g/mol. The smallest absolute Gasteiger partial charge is 0.259 e. The fraction of sp³-hybridized carbons (Fsp3) is 0.0769. The summed E-state index contributed by atoms with van der Waals surface area (Å²) < 4.78 is 5.93. The molecule has 1 aromatic heterocycles. The van der Waals surface area contributed by atoms with Crippen LogP contribution in [0.3, 0.4) is 0 Å². The van der Waals surface area contributed by atoms with Crippen molar-refractivity contribution in [1.29, 1.82) is 0 Å². The number of nitrogens with one attached hydrogen (secondary N) is 1. The van der Waals surface area contributed by atoms with E-state index in [-0.39, 0.29) is 11.3 Å². The summed E-state index contributed by atoms with van der Waals surface area (Å²) in [5.74, 6) is 0.0325. The number of hydrogen-bond donors (Lipinski definition) is 2. The van der Waals surface area contributed by atoms with E-state index >= 15 is 0 Å². The van der Waals surface area contributed by atoms with E-state index in [4.69, 9.17) is 4.74 Å². The average Bonchev–Trinajstić information content (AvgIpc) is 2.41. The molecule has 0 aliphatic heterocycles. The van der Waals surface area contributed by atoms with Crippen molar-refractivity contribution < 1.29 is 14.6 Å². The van der Waals surface area contributed by atoms with Gasteiger partial charge in [0.2, 0.25) is 0 Å². The second-order valence-corrected chi connectivity index (χ2v) is 4.55. The Kier molecular flexibility index (Phi) is 4.01. The Labute approximate surface area is 118 Å². The van der Waals surface area contributed by atoms with E-state index in [1.807, 2.05) is 0 Å². The molecule has 0 bridgehead atoms. The lowest BCUT2D eigenvalue weighted by atomic mass is 10.2. The van der Waals surface area contributed by atoms with Gasteiger partial charge < -0.3 is 15.2 Å². The van der Waals surface area contributed by atoms with Crippen molar-refractivity contribution in [3.8, 4) is 11.5 Å². The summed E-state index contributed by atoms with van der Waals surface area (Å²) in [5.41, 5.74) is 0.734. The summed E-state index contributed by atoms with van der Waals surface area (Å²) in [7, 11) is 1.54. The maximum absolute atomic E-state index is 12.0. The third-order valence-electron chi connectivity index (χ3n) is 2.45. The van der Waals surface area contributed by atoms with Crippen LogP contribution >= 0.6 is 15.9 Å². The summed E-state index contributed by atoms with van der Waals surface area (Å²) in [6.45, 7) is 0. The molecule has 98 valence electrons. The molecule has 2 aromatic rings. The SMILES string of the molecule is COc1cc(NC(=O)c2ccncc2O)ccc1Br. The highest BCUT2D eigenvalue weighted by atomic mass is 79.9. The summed E-state index contributed by atoms with van der Waals surface area (Å²) in [6.07, 6.45) is 2.66. The van der Waals surface area contributed by atoms with Gasteiger partial charge in [-0.1, -0.05) is 0 Å². The zero-order valence-corrected chi connectivity index (χ0v) is 11.6. The molecule has 0 fully saturated rings. The van der Waals surface area contributed by atoms with Gasteiger partial charge in [0, 0.05) is 18.0 Å². The van der Waals surface area contributed by atoms with Gasteiger partial charge in [0.15, 0.2) is 0 Å². The Morgan fingerprint density at radius 3 is 2.89 bits per heavy atom. The zero-order chi connectivity index (χ0) is 13.8. The Bertz CT molecular complexity index is 617. The predicted octanol–water partition coefficient (Wildman–Crippen LogP) is 2.81. The van der Waals surface area contributed by atoms with E-state index in [2.05, 4.69) is 26.2 Å². The fourth-order valence-electron chi connectivity index (χ4n) is 1.51. The maximum atomic E-state index is 12.0. The minimum atomic E-state index is -0.413. The molecule has 0 saturated carbocycles. The van der Waals surface area contributed by atoms with Crippen molar-refractivity contribution in [3.63, 3.8) is 0 Å². The van der Waals surface area contributed by atoms with Gasteiger partial charge in [-0.05, 0) is 34.1 Å². The number of nitrogens with zero attached hydrogens (tertiary/aromatic N) is 1. The minimum Gasteiger partial charge on any atom is -0.505 e. The number of carbonyl (C=O) groups excluding carboxylic acids is 1. The first kappa shape index (κ1) is 13.4. The van der Waals surface area contributed by atoms with Crippen LogP contribution in [0.15, 0.2) is 41.1 Å². The Morgan fingerprint density at radius 1 is 1.42 bits per heavy atom. The minimum absolute atomic E-state index is 0.163. The van der Waals surface area contributed by atoms with Gasteiger partial charge in [0.05, 0.1) is 23.3 Å². The molecule has 2 N–H and O–H groups in total. The van der Waals surface area contributed by atoms with Crippen molar-refractivity contribution in [2.45, 2.75) is 0 Å². The molecule has 0 radical (unpaired) electrons. The fourth-order valence-corrected chi connectivity index (χ4v) is 1.92. The molecule has 0 spiro atoms. The molecular formula is C13H11BrN2O3. The number of hydrogen-bond acceptors (Lipinski definition) is 4. The molecule has 1 amide bonds. The van der Waals surface area contributed by atoms with Crippen LogP contribution in [0.1, 0.15) is 10.4 Å². The number of amides is 1. The van der Waals surface area contributed by atoms with Gasteiger partial charge >= 0.3 is 0 Å². The van der Waals surface area contributed by atoms with E-state index in [1.54, 1.807) is 25.3 Å². The van der Waals surface area contributed by atoms with Crippen LogP contribution < -0.4 is 10.1 Å². The number of carbonyl (C=O) groups is 1. The Balaban J connectivity index is 2.22. The molecule has 0 atom stereocenters. The highest BCUT2D eigenvalue weighted by molar-refractivity contribution is 9.10. The van der Waals surface area contributed by atoms with E-state index in [9.17, 15) is 9.90 Å². The number of anilines is 1. The summed E-state index contributed by atoms with van der Waals surface area (Å²) >= 11 is 3.33. The van der Waals surface area contributed by atoms with E-state index in [0.29, 0.717) is 11.4 Å². The van der Waals surface area contributed by atoms with Gasteiger partial charge in [-0.15, -0.1) is 0 Å². The lowest BCUT2D eigenvalue weighted by Crippen LogP contribution is -2.12. The molecule has 0 aliphatic rings. The summed E-state index contributed by atoms with van der Waals surface area (Å²) in [4.78, 5) is 15.7. The van der Waals surface area contributed by atoms with Gasteiger partial charge in [-0.3, -0.25) is 9.78 Å². The zero-order valence-electron chi connectivity index (χ0n) is 10.1. The third kappa shape index (κ3) is 3.03. The maximum Gasteiger partial charge on any atom is 0.259 e. The first-order valence-corrected chi connectivity index (χ1v) is 6.19. The van der Waals surface area contributed by atoms with Gasteiger partial charge in [0.1, 0.15) is 11.5 Å². The molecule has 1 aromatic carbocycles. The molecular weight excluding hydrogens is 312 g/mol. The number of benzene rings is 1. The second kappa shape index (κ2) is 5.71. The summed E-state index contributed by atoms with van der Waals surface area (Å²) in [5, 5.41) is 12.2. The second-order valence-electron chi connectivity index (χ2n) is 3.70. The molecule has 0 aliphatic carbocycles. The van der Waals surface area contributed by atoms with Crippen LogP contribution in [0.4, 0.5) is 5.69 Å². The topological polar surface area (TPSA) is 71.5 Å². The number of aromatic nitrogens is 1. The van der Waals surface area contributed by atoms with Crippen LogP contribution in [0.25, 0.3) is 0 Å². The first-order valence-electron chi connectivity index (χ1n) is 5.39. The molecule has 2 rings (SSSR count). The lowest BCUT2D eigenvalue weighted by Gasteiger charge is -2.09. The van der Waals surface area contributed by atoms with Gasteiger partial charge in [0.25, 0.3) is 5.91 Å². The number of halogens is 1. The van der Waals surface area contributed by atoms with Crippen LogP contribution in [-0.2, 0) is 0 Å². The highest BCUT2D eigenvalue weighted by Crippen LogP contribution is 2.28. The molecule has 0 saturated heterocycles. The first-order chi connectivity index (χ1) is 9.11. The largest absolute Gasteiger partial charge is 0.505 e. The molecule has 6 heteroatoms. The third-order valence-corrected chi connectivity index (χ3v) is 3.11. The molecule has 19 heavy (non-hydrogen) atoms. The normalized spacial score (nSPS) is 10.0. The van der Waals surface area contributed by atoms with E-state index < -0.39 is 5.91 Å². The average molecular weight is 323 g/mol. The summed E-state index contributed by atoms with van der Waals surface area (Å²) in [6, 6.07) is 6.62. The highest BCUT2D eigenvalue weighted by Gasteiger charge is 2.11. The number of pyridine rings is 1. The standard InChI is InChI=1S/C13H11BrN2O3/c1-19-12-6-8(2-3-10(12)14)16-13(18)9-4-5-15-7-11(9)17/h2-7,17H,1H3,(H,16,18). The van der Waals surface area contributed by atoms with Crippen LogP contribution in [-0.4, -0.2) is 23.1 Å². The number of methoxy groups -OCH3 is 1. The van der Waals surface area contributed by atoms with Crippen LogP contribution in [0, 0.1) is 0 Å². The molecule has 5 nitrogen and oxygen atoms in total. The number of aromatic hydroxyl groups is 1. The molecule has 0 unspecified atom stereocenters. The Hall–Kier alpha value is -2.08. The van der Waals surface area contributed by atoms with Gasteiger partial charge in [-0.2, -0.15) is 0 Å². The van der Waals surface area contributed by atoms with Crippen LogP contribution in [0.2, 0.25) is 0 Å². The Morgan fingerprint density at radius 2 is 2.21 bits per heavy atom. The van der Waals surface area contributed by atoms with Crippen molar-refractivity contribution in [2.75, 3.05) is 12.4 Å². The van der Waals surface area contributed by atoms with E-state index in [0.717, 1.165) is 4.47 Å². The lowest BCUT2D eigenvalue weighted by molar-refractivity contribution is 0.102. The van der Waals surface area contributed by atoms with Crippen molar-refractivity contribution >= 4 is 27.5 Å². The number of rotatable bonds is 3. The molecule has 1 heterocycles. The van der Waals surface area contributed by atoms with Crippen molar-refractivity contribution in [3.05, 3.63) is 46.7 Å².